The maximum Gasteiger partial charge on any atom is 0.135 e. The van der Waals surface area contributed by atoms with Crippen molar-refractivity contribution in [3.8, 4) is 5.75 Å². The summed E-state index contributed by atoms with van der Waals surface area (Å²) in [6.07, 6.45) is 1.58. The van der Waals surface area contributed by atoms with E-state index in [1.807, 2.05) is 38.1 Å². The average molecular weight is 178 g/mol. The Morgan fingerprint density at radius 2 is 2.00 bits per heavy atom. The molecule has 2 nitrogen and oxygen atoms in total. The van der Waals surface area contributed by atoms with E-state index in [0.29, 0.717) is 0 Å². The lowest BCUT2D eigenvalue weighted by Crippen LogP contribution is -1.93. The van der Waals surface area contributed by atoms with Crippen LogP contribution in [0.2, 0.25) is 0 Å². The number of hydrogen-bond acceptors (Lipinski definition) is 2. The number of hydrogen-bond donors (Lipinski definition) is 0. The molecule has 2 heteroatoms. The number of benzene rings is 1. The molecule has 70 valence electrons. The highest BCUT2D eigenvalue weighted by atomic mass is 16.5. The Balaban J connectivity index is 2.74. The SMILES string of the molecule is CO/C=C(\C)Oc1ccccc1C. The van der Waals surface area contributed by atoms with Crippen LogP contribution in [0.25, 0.3) is 0 Å². The third-order valence-electron chi connectivity index (χ3n) is 1.65. The first kappa shape index (κ1) is 9.65. The van der Waals surface area contributed by atoms with Gasteiger partial charge in [-0.25, -0.2) is 0 Å². The molecule has 0 saturated carbocycles. The molecule has 13 heavy (non-hydrogen) atoms. The van der Waals surface area contributed by atoms with Crippen LogP contribution in [-0.4, -0.2) is 7.11 Å². The zero-order chi connectivity index (χ0) is 9.68. The van der Waals surface area contributed by atoms with Crippen LogP contribution in [0.1, 0.15) is 12.5 Å². The topological polar surface area (TPSA) is 18.5 Å². The second-order valence-corrected chi connectivity index (χ2v) is 2.83. The fourth-order valence-corrected chi connectivity index (χ4v) is 1.03. The minimum absolute atomic E-state index is 0.747. The Labute approximate surface area is 78.8 Å². The van der Waals surface area contributed by atoms with Crippen LogP contribution in [0.3, 0.4) is 0 Å². The molecule has 0 saturated heterocycles. The lowest BCUT2D eigenvalue weighted by atomic mass is 10.2. The first-order valence-corrected chi connectivity index (χ1v) is 4.17. The normalized spacial score (nSPS) is 11.2. The number of ether oxygens (including phenoxy) is 2. The van der Waals surface area contributed by atoms with E-state index in [1.54, 1.807) is 13.4 Å². The van der Waals surface area contributed by atoms with Gasteiger partial charge in [-0.15, -0.1) is 0 Å². The first-order valence-electron chi connectivity index (χ1n) is 4.17. The van der Waals surface area contributed by atoms with Gasteiger partial charge < -0.3 is 9.47 Å². The standard InChI is InChI=1S/C11H14O2/c1-9-6-4-5-7-11(9)13-10(2)8-12-3/h4-8H,1-3H3/b10-8+. The van der Waals surface area contributed by atoms with E-state index in [-0.39, 0.29) is 0 Å². The summed E-state index contributed by atoms with van der Waals surface area (Å²) in [6, 6.07) is 7.87. The van der Waals surface area contributed by atoms with Gasteiger partial charge in [-0.3, -0.25) is 0 Å². The van der Waals surface area contributed by atoms with E-state index in [0.717, 1.165) is 17.1 Å². The molecule has 0 aliphatic heterocycles. The van der Waals surface area contributed by atoms with E-state index < -0.39 is 0 Å². The maximum atomic E-state index is 5.52. The molecule has 1 rings (SSSR count). The zero-order valence-corrected chi connectivity index (χ0v) is 8.20. The summed E-state index contributed by atoms with van der Waals surface area (Å²) in [5.41, 5.74) is 1.12. The predicted octanol–water partition coefficient (Wildman–Crippen LogP) is 2.88. The molecule has 0 heterocycles. The van der Waals surface area contributed by atoms with E-state index >= 15 is 0 Å². The van der Waals surface area contributed by atoms with Crippen LogP contribution < -0.4 is 4.74 Å². The zero-order valence-electron chi connectivity index (χ0n) is 8.20. The lowest BCUT2D eigenvalue weighted by molar-refractivity contribution is 0.304. The summed E-state index contributed by atoms with van der Waals surface area (Å²) >= 11 is 0. The summed E-state index contributed by atoms with van der Waals surface area (Å²) < 4.78 is 10.4. The minimum atomic E-state index is 0.747. The Morgan fingerprint density at radius 3 is 2.62 bits per heavy atom. The lowest BCUT2D eigenvalue weighted by Gasteiger charge is -2.07. The largest absolute Gasteiger partial charge is 0.501 e. The predicted molar refractivity (Wildman–Crippen MR) is 52.6 cm³/mol. The smallest absolute Gasteiger partial charge is 0.135 e. The van der Waals surface area contributed by atoms with Crippen LogP contribution in [0.4, 0.5) is 0 Å². The molecule has 0 unspecified atom stereocenters. The number of para-hydroxylation sites is 1. The van der Waals surface area contributed by atoms with E-state index in [2.05, 4.69) is 0 Å². The number of methoxy groups -OCH3 is 1. The van der Waals surface area contributed by atoms with Gasteiger partial charge in [0.1, 0.15) is 17.8 Å². The van der Waals surface area contributed by atoms with Crippen molar-refractivity contribution < 1.29 is 9.47 Å². The van der Waals surface area contributed by atoms with E-state index in [1.165, 1.54) is 0 Å². The van der Waals surface area contributed by atoms with E-state index in [4.69, 9.17) is 9.47 Å². The maximum absolute atomic E-state index is 5.52. The Morgan fingerprint density at radius 1 is 1.31 bits per heavy atom. The monoisotopic (exact) mass is 178 g/mol. The first-order chi connectivity index (χ1) is 6.24. The molecule has 1 aromatic carbocycles. The van der Waals surface area contributed by atoms with Gasteiger partial charge in [-0.1, -0.05) is 18.2 Å². The number of aryl methyl sites for hydroxylation is 1. The molecule has 0 atom stereocenters. The van der Waals surface area contributed by atoms with Crippen molar-refractivity contribution in [1.82, 2.24) is 0 Å². The molecule has 0 aliphatic rings. The molecule has 0 bridgehead atoms. The Kier molecular flexibility index (Phi) is 3.38. The minimum Gasteiger partial charge on any atom is -0.501 e. The molecule has 0 spiro atoms. The second kappa shape index (κ2) is 4.55. The van der Waals surface area contributed by atoms with Crippen molar-refractivity contribution in [3.63, 3.8) is 0 Å². The van der Waals surface area contributed by atoms with Crippen molar-refractivity contribution in [2.24, 2.45) is 0 Å². The van der Waals surface area contributed by atoms with Crippen LogP contribution in [-0.2, 0) is 4.74 Å². The Hall–Kier alpha value is -1.44. The summed E-state index contributed by atoms with van der Waals surface area (Å²) in [5, 5.41) is 0. The van der Waals surface area contributed by atoms with E-state index in [9.17, 15) is 0 Å². The van der Waals surface area contributed by atoms with Gasteiger partial charge in [0.25, 0.3) is 0 Å². The highest BCUT2D eigenvalue weighted by Gasteiger charge is 1.98. The number of allylic oxidation sites excluding steroid dienone is 1. The third kappa shape index (κ3) is 2.82. The molecular weight excluding hydrogens is 164 g/mol. The third-order valence-corrected chi connectivity index (χ3v) is 1.65. The fraction of sp³-hybridized carbons (Fsp3) is 0.273. The summed E-state index contributed by atoms with van der Waals surface area (Å²) in [6.45, 7) is 3.87. The van der Waals surface area contributed by atoms with Crippen molar-refractivity contribution in [3.05, 3.63) is 41.9 Å². The van der Waals surface area contributed by atoms with Crippen molar-refractivity contribution in [2.45, 2.75) is 13.8 Å². The van der Waals surface area contributed by atoms with Gasteiger partial charge in [0.15, 0.2) is 0 Å². The summed E-state index contributed by atoms with van der Waals surface area (Å²) in [7, 11) is 1.60. The highest BCUT2D eigenvalue weighted by Crippen LogP contribution is 2.18. The van der Waals surface area contributed by atoms with Crippen molar-refractivity contribution in [1.29, 1.82) is 0 Å². The van der Waals surface area contributed by atoms with Gasteiger partial charge in [0, 0.05) is 0 Å². The van der Waals surface area contributed by atoms with Gasteiger partial charge in [-0.2, -0.15) is 0 Å². The van der Waals surface area contributed by atoms with Crippen LogP contribution in [0.15, 0.2) is 36.3 Å². The van der Waals surface area contributed by atoms with Gasteiger partial charge in [0.2, 0.25) is 0 Å². The molecule has 0 fully saturated rings. The highest BCUT2D eigenvalue weighted by molar-refractivity contribution is 5.32. The molecule has 0 aliphatic carbocycles. The Bertz CT molecular complexity index is 303. The summed E-state index contributed by atoms with van der Waals surface area (Å²) in [5.74, 6) is 1.62. The van der Waals surface area contributed by atoms with Gasteiger partial charge in [-0.05, 0) is 25.5 Å². The van der Waals surface area contributed by atoms with Crippen molar-refractivity contribution in [2.75, 3.05) is 7.11 Å². The van der Waals surface area contributed by atoms with Crippen LogP contribution in [0.5, 0.6) is 5.75 Å². The van der Waals surface area contributed by atoms with Crippen LogP contribution >= 0.6 is 0 Å². The molecule has 1 aromatic rings. The van der Waals surface area contributed by atoms with Gasteiger partial charge >= 0.3 is 0 Å². The molecule has 0 aromatic heterocycles. The summed E-state index contributed by atoms with van der Waals surface area (Å²) in [4.78, 5) is 0. The van der Waals surface area contributed by atoms with Gasteiger partial charge in [0.05, 0.1) is 7.11 Å². The fourth-order valence-electron chi connectivity index (χ4n) is 1.03. The molecule has 0 N–H and O–H groups in total. The number of rotatable bonds is 3. The average Bonchev–Trinajstić information content (AvgIpc) is 2.09. The molecule has 0 amide bonds. The second-order valence-electron chi connectivity index (χ2n) is 2.83. The van der Waals surface area contributed by atoms with Crippen molar-refractivity contribution >= 4 is 0 Å². The quantitative estimate of drug-likeness (QED) is 0.662. The molecular formula is C11H14O2. The molecule has 0 radical (unpaired) electrons. The van der Waals surface area contributed by atoms with Crippen LogP contribution in [0, 0.1) is 6.92 Å².